The van der Waals surface area contributed by atoms with E-state index in [-0.39, 0.29) is 0 Å². The highest BCUT2D eigenvalue weighted by Crippen LogP contribution is 2.09. The van der Waals surface area contributed by atoms with Crippen molar-refractivity contribution in [3.63, 3.8) is 0 Å². The maximum atomic E-state index is 4.37. The molecule has 2 heterocycles. The van der Waals surface area contributed by atoms with Gasteiger partial charge in [-0.05, 0) is 6.42 Å². The average Bonchev–Trinajstić information content (AvgIpc) is 2.97. The monoisotopic (exact) mass is 261 g/mol. The molecule has 0 spiro atoms. The van der Waals surface area contributed by atoms with Crippen LogP contribution in [-0.4, -0.2) is 38.1 Å². The first-order chi connectivity index (χ1) is 9.33. The largest absolute Gasteiger partial charge is 0.357 e. The molecule has 0 amide bonds. The molecule has 0 bridgehead atoms. The number of nitrogens with zero attached hydrogens (tertiary/aromatic N) is 5. The number of hydrogen-bond acceptors (Lipinski definition) is 6. The molecular formula is C12H19N7. The molecule has 0 aliphatic rings. The number of nitrogens with one attached hydrogen (secondary N) is 2. The standard InChI is InChI=1S/C12H19N7/c1-3-4-5-6-15-11-16-10(13-2)17-12(18-11)19-8-7-14-9-19/h7-9H,3-6H2,1-2H3,(H2,13,15,16,17,18). The first kappa shape index (κ1) is 13.3. The summed E-state index contributed by atoms with van der Waals surface area (Å²) in [7, 11) is 1.79. The van der Waals surface area contributed by atoms with Crippen LogP contribution in [0.1, 0.15) is 26.2 Å². The summed E-state index contributed by atoms with van der Waals surface area (Å²) in [5, 5.41) is 6.16. The second-order valence-electron chi connectivity index (χ2n) is 4.14. The van der Waals surface area contributed by atoms with Crippen LogP contribution in [-0.2, 0) is 0 Å². The minimum absolute atomic E-state index is 0.539. The van der Waals surface area contributed by atoms with Crippen LogP contribution in [0.3, 0.4) is 0 Å². The Morgan fingerprint density at radius 3 is 2.68 bits per heavy atom. The Balaban J connectivity index is 2.12. The Hall–Kier alpha value is -2.18. The second kappa shape index (κ2) is 6.67. The molecule has 7 heteroatoms. The summed E-state index contributed by atoms with van der Waals surface area (Å²) >= 11 is 0. The zero-order valence-electron chi connectivity index (χ0n) is 11.3. The van der Waals surface area contributed by atoms with E-state index in [2.05, 4.69) is 37.5 Å². The highest BCUT2D eigenvalue weighted by molar-refractivity contribution is 5.37. The number of rotatable bonds is 7. The summed E-state index contributed by atoms with van der Waals surface area (Å²) in [6.07, 6.45) is 8.66. The van der Waals surface area contributed by atoms with Gasteiger partial charge in [0.1, 0.15) is 6.33 Å². The Morgan fingerprint density at radius 2 is 2.00 bits per heavy atom. The van der Waals surface area contributed by atoms with E-state index >= 15 is 0 Å². The third-order valence-electron chi connectivity index (χ3n) is 2.65. The van der Waals surface area contributed by atoms with Crippen LogP contribution in [0, 0.1) is 0 Å². The summed E-state index contributed by atoms with van der Waals surface area (Å²) in [5.74, 6) is 1.67. The number of unbranched alkanes of at least 4 members (excludes halogenated alkanes) is 2. The Morgan fingerprint density at radius 1 is 1.16 bits per heavy atom. The van der Waals surface area contributed by atoms with E-state index in [9.17, 15) is 0 Å². The molecule has 102 valence electrons. The van der Waals surface area contributed by atoms with Crippen LogP contribution in [0.15, 0.2) is 18.7 Å². The predicted molar refractivity (Wildman–Crippen MR) is 74.5 cm³/mol. The van der Waals surface area contributed by atoms with Gasteiger partial charge in [0.2, 0.25) is 17.8 Å². The zero-order valence-corrected chi connectivity index (χ0v) is 11.3. The third kappa shape index (κ3) is 3.64. The molecule has 0 saturated heterocycles. The topological polar surface area (TPSA) is 80.5 Å². The molecule has 0 saturated carbocycles. The molecule has 0 aliphatic heterocycles. The average molecular weight is 261 g/mol. The van der Waals surface area contributed by atoms with Gasteiger partial charge < -0.3 is 10.6 Å². The van der Waals surface area contributed by atoms with E-state index in [1.807, 2.05) is 0 Å². The van der Waals surface area contributed by atoms with E-state index in [4.69, 9.17) is 0 Å². The van der Waals surface area contributed by atoms with Crippen molar-refractivity contribution in [2.45, 2.75) is 26.2 Å². The highest BCUT2D eigenvalue weighted by atomic mass is 15.3. The van der Waals surface area contributed by atoms with Gasteiger partial charge in [0, 0.05) is 26.0 Å². The fourth-order valence-corrected chi connectivity index (χ4v) is 1.62. The summed E-state index contributed by atoms with van der Waals surface area (Å²) in [6.45, 7) is 3.05. The first-order valence-electron chi connectivity index (χ1n) is 6.49. The quantitative estimate of drug-likeness (QED) is 0.738. The van der Waals surface area contributed by atoms with E-state index < -0.39 is 0 Å². The molecule has 0 aliphatic carbocycles. The fourth-order valence-electron chi connectivity index (χ4n) is 1.62. The molecule has 0 radical (unpaired) electrons. The van der Waals surface area contributed by atoms with Crippen molar-refractivity contribution < 1.29 is 0 Å². The molecule has 0 unspecified atom stereocenters. The fraction of sp³-hybridized carbons (Fsp3) is 0.500. The van der Waals surface area contributed by atoms with Crippen molar-refractivity contribution in [2.75, 3.05) is 24.2 Å². The van der Waals surface area contributed by atoms with Crippen molar-refractivity contribution >= 4 is 11.9 Å². The number of imidazole rings is 1. The summed E-state index contributed by atoms with van der Waals surface area (Å²) in [5.41, 5.74) is 0. The maximum Gasteiger partial charge on any atom is 0.241 e. The Labute approximate surface area is 112 Å². The van der Waals surface area contributed by atoms with E-state index in [0.717, 1.165) is 13.0 Å². The van der Waals surface area contributed by atoms with Crippen LogP contribution in [0.5, 0.6) is 0 Å². The number of hydrogen-bond donors (Lipinski definition) is 2. The van der Waals surface area contributed by atoms with Gasteiger partial charge in [-0.2, -0.15) is 15.0 Å². The molecule has 0 aromatic carbocycles. The van der Waals surface area contributed by atoms with Crippen molar-refractivity contribution in [2.24, 2.45) is 0 Å². The number of aromatic nitrogens is 5. The van der Waals surface area contributed by atoms with Gasteiger partial charge in [-0.25, -0.2) is 4.98 Å². The van der Waals surface area contributed by atoms with Gasteiger partial charge >= 0.3 is 0 Å². The molecule has 2 rings (SSSR count). The smallest absolute Gasteiger partial charge is 0.241 e. The molecule has 0 fully saturated rings. The van der Waals surface area contributed by atoms with Gasteiger partial charge in [-0.3, -0.25) is 4.57 Å². The van der Waals surface area contributed by atoms with Gasteiger partial charge in [-0.1, -0.05) is 19.8 Å². The lowest BCUT2D eigenvalue weighted by atomic mass is 10.2. The van der Waals surface area contributed by atoms with Gasteiger partial charge in [0.15, 0.2) is 0 Å². The molecule has 19 heavy (non-hydrogen) atoms. The lowest BCUT2D eigenvalue weighted by Gasteiger charge is -2.08. The highest BCUT2D eigenvalue weighted by Gasteiger charge is 2.06. The molecule has 2 N–H and O–H groups in total. The summed E-state index contributed by atoms with van der Waals surface area (Å²) in [6, 6.07) is 0. The van der Waals surface area contributed by atoms with Gasteiger partial charge in [-0.15, -0.1) is 0 Å². The molecule has 0 atom stereocenters. The normalized spacial score (nSPS) is 10.4. The van der Waals surface area contributed by atoms with Crippen molar-refractivity contribution in [1.82, 2.24) is 24.5 Å². The summed E-state index contributed by atoms with van der Waals surface area (Å²) in [4.78, 5) is 16.9. The van der Waals surface area contributed by atoms with Crippen molar-refractivity contribution in [3.8, 4) is 5.95 Å². The molecular weight excluding hydrogens is 242 g/mol. The van der Waals surface area contributed by atoms with Crippen molar-refractivity contribution in [3.05, 3.63) is 18.7 Å². The Bertz CT molecular complexity index is 495. The minimum Gasteiger partial charge on any atom is -0.357 e. The van der Waals surface area contributed by atoms with Crippen LogP contribution in [0.2, 0.25) is 0 Å². The van der Waals surface area contributed by atoms with Gasteiger partial charge in [0.25, 0.3) is 0 Å². The third-order valence-corrected chi connectivity index (χ3v) is 2.65. The second-order valence-corrected chi connectivity index (χ2v) is 4.14. The zero-order chi connectivity index (χ0) is 13.5. The van der Waals surface area contributed by atoms with Crippen LogP contribution >= 0.6 is 0 Å². The molecule has 7 nitrogen and oxygen atoms in total. The van der Waals surface area contributed by atoms with E-state index in [1.54, 1.807) is 30.3 Å². The summed E-state index contributed by atoms with van der Waals surface area (Å²) < 4.78 is 1.75. The van der Waals surface area contributed by atoms with Crippen LogP contribution in [0.25, 0.3) is 5.95 Å². The maximum absolute atomic E-state index is 4.37. The lowest BCUT2D eigenvalue weighted by molar-refractivity contribution is 0.739. The minimum atomic E-state index is 0.539. The van der Waals surface area contributed by atoms with Crippen LogP contribution < -0.4 is 10.6 Å². The molecule has 2 aromatic rings. The predicted octanol–water partition coefficient (Wildman–Crippen LogP) is 1.70. The van der Waals surface area contributed by atoms with Crippen molar-refractivity contribution in [1.29, 1.82) is 0 Å². The lowest BCUT2D eigenvalue weighted by Crippen LogP contribution is -2.11. The van der Waals surface area contributed by atoms with Gasteiger partial charge in [0.05, 0.1) is 0 Å². The Kier molecular flexibility index (Phi) is 4.66. The number of anilines is 2. The SMILES string of the molecule is CCCCCNc1nc(NC)nc(-n2ccnc2)n1. The van der Waals surface area contributed by atoms with E-state index in [1.165, 1.54) is 12.8 Å². The van der Waals surface area contributed by atoms with E-state index in [0.29, 0.717) is 17.8 Å². The first-order valence-corrected chi connectivity index (χ1v) is 6.49. The van der Waals surface area contributed by atoms with Crippen LogP contribution in [0.4, 0.5) is 11.9 Å². The molecule has 2 aromatic heterocycles.